The number of nitrogens with two attached hydrogens (primary N) is 1. The Morgan fingerprint density at radius 2 is 2.20 bits per heavy atom. The summed E-state index contributed by atoms with van der Waals surface area (Å²) in [6, 6.07) is 1.89. The average molecular weight is 414 g/mol. The number of nitrogen functional groups attached to an aromatic ring is 1. The van der Waals surface area contributed by atoms with Gasteiger partial charge in [0.25, 0.3) is 0 Å². The van der Waals surface area contributed by atoms with E-state index in [1.54, 1.807) is 4.52 Å². The average Bonchev–Trinajstić information content (AvgIpc) is 3.24. The minimum absolute atomic E-state index is 0.0616. The second-order valence-electron chi connectivity index (χ2n) is 8.53. The predicted octanol–water partition coefficient (Wildman–Crippen LogP) is 1.75. The lowest BCUT2D eigenvalue weighted by Gasteiger charge is -2.34. The third-order valence-corrected chi connectivity index (χ3v) is 5.04. The molecule has 2 aliphatic heterocycles. The maximum Gasteiger partial charge on any atom is 0.407 e. The zero-order valence-corrected chi connectivity index (χ0v) is 17.3. The first-order valence-electron chi connectivity index (χ1n) is 9.95. The van der Waals surface area contributed by atoms with Crippen molar-refractivity contribution in [3.8, 4) is 0 Å². The number of anilines is 2. The van der Waals surface area contributed by atoms with E-state index in [1.165, 1.54) is 12.4 Å². The standard InChI is InChI=1S/C20H26N6O4/c1-20(2,3)30-19(28)24-13-5-4-6-25(9-13)15-8-14(12-7-16(27)29-10-12)26-17(15)18(21)22-11-23-26/h7-8,11,13H,4-6,9-10H2,1-3H3,(H,24,28)(H2,21,22,23)/t13-/m1/s1. The monoisotopic (exact) mass is 414 g/mol. The number of piperidine rings is 1. The summed E-state index contributed by atoms with van der Waals surface area (Å²) in [5, 5.41) is 7.29. The quantitative estimate of drug-likeness (QED) is 0.728. The molecule has 10 nitrogen and oxygen atoms in total. The number of carbonyl (C=O) groups excluding carboxylic acids is 2. The second-order valence-corrected chi connectivity index (χ2v) is 8.53. The predicted molar refractivity (Wildman–Crippen MR) is 111 cm³/mol. The van der Waals surface area contributed by atoms with Gasteiger partial charge in [0.15, 0.2) is 5.82 Å². The Labute approximate surface area is 174 Å². The number of esters is 1. The number of nitrogens with zero attached hydrogens (tertiary/aromatic N) is 4. The number of hydrogen-bond donors (Lipinski definition) is 2. The van der Waals surface area contributed by atoms with Gasteiger partial charge in [-0.3, -0.25) is 0 Å². The van der Waals surface area contributed by atoms with E-state index in [0.29, 0.717) is 17.9 Å². The Hall–Kier alpha value is -3.30. The molecule has 0 bridgehead atoms. The van der Waals surface area contributed by atoms with Gasteiger partial charge in [-0.2, -0.15) is 5.10 Å². The summed E-state index contributed by atoms with van der Waals surface area (Å²) in [7, 11) is 0. The molecule has 1 atom stereocenters. The van der Waals surface area contributed by atoms with Gasteiger partial charge >= 0.3 is 12.1 Å². The molecule has 1 amide bonds. The molecule has 2 aliphatic rings. The molecular weight excluding hydrogens is 388 g/mol. The zero-order valence-electron chi connectivity index (χ0n) is 17.3. The Morgan fingerprint density at radius 1 is 1.40 bits per heavy atom. The first kappa shape index (κ1) is 20.0. The highest BCUT2D eigenvalue weighted by Gasteiger charge is 2.28. The molecule has 10 heteroatoms. The van der Waals surface area contributed by atoms with Crippen molar-refractivity contribution in [2.24, 2.45) is 0 Å². The van der Waals surface area contributed by atoms with Crippen LogP contribution in [0.1, 0.15) is 39.3 Å². The van der Waals surface area contributed by atoms with Crippen LogP contribution in [-0.2, 0) is 14.3 Å². The number of ether oxygens (including phenoxy) is 2. The summed E-state index contributed by atoms with van der Waals surface area (Å²) in [6.45, 7) is 7.10. The lowest BCUT2D eigenvalue weighted by molar-refractivity contribution is -0.134. The molecule has 4 rings (SSSR count). The lowest BCUT2D eigenvalue weighted by atomic mass is 10.1. The second kappa shape index (κ2) is 7.51. The van der Waals surface area contributed by atoms with Gasteiger partial charge in [-0.25, -0.2) is 19.1 Å². The van der Waals surface area contributed by atoms with Gasteiger partial charge in [-0.1, -0.05) is 0 Å². The maximum atomic E-state index is 12.2. The molecule has 0 saturated carbocycles. The first-order chi connectivity index (χ1) is 14.2. The Balaban J connectivity index is 1.62. The summed E-state index contributed by atoms with van der Waals surface area (Å²) in [5.41, 5.74) is 8.64. The first-order valence-corrected chi connectivity index (χ1v) is 9.95. The van der Waals surface area contributed by atoms with Crippen molar-refractivity contribution in [1.29, 1.82) is 0 Å². The Morgan fingerprint density at radius 3 is 2.90 bits per heavy atom. The van der Waals surface area contributed by atoms with E-state index in [2.05, 4.69) is 20.3 Å². The normalized spacial score (nSPS) is 19.6. The van der Waals surface area contributed by atoms with E-state index in [1.807, 2.05) is 26.8 Å². The van der Waals surface area contributed by atoms with E-state index in [-0.39, 0.29) is 18.6 Å². The Kier molecular flexibility index (Phi) is 5.00. The molecule has 0 spiro atoms. The minimum atomic E-state index is -0.549. The summed E-state index contributed by atoms with van der Waals surface area (Å²) in [5.74, 6) is -0.0255. The van der Waals surface area contributed by atoms with Gasteiger partial charge in [0.2, 0.25) is 0 Å². The van der Waals surface area contributed by atoms with Gasteiger partial charge in [-0.15, -0.1) is 0 Å². The molecule has 30 heavy (non-hydrogen) atoms. The minimum Gasteiger partial charge on any atom is -0.458 e. The fourth-order valence-electron chi connectivity index (χ4n) is 3.83. The van der Waals surface area contributed by atoms with E-state index in [0.717, 1.165) is 36.3 Å². The topological polar surface area (TPSA) is 124 Å². The molecule has 1 fully saturated rings. The van der Waals surface area contributed by atoms with Crippen molar-refractivity contribution in [2.45, 2.75) is 45.3 Å². The SMILES string of the molecule is CC(C)(C)OC(=O)N[C@@H]1CCCN(c2cc(C3=CC(=O)OC3)n3ncnc(N)c23)C1. The fraction of sp³-hybridized carbons (Fsp3) is 0.500. The fourth-order valence-corrected chi connectivity index (χ4v) is 3.83. The van der Waals surface area contributed by atoms with Gasteiger partial charge in [-0.05, 0) is 39.7 Å². The highest BCUT2D eigenvalue weighted by atomic mass is 16.6. The summed E-state index contributed by atoms with van der Waals surface area (Å²) >= 11 is 0. The lowest BCUT2D eigenvalue weighted by Crippen LogP contribution is -2.49. The molecule has 0 unspecified atom stereocenters. The number of nitrogens with one attached hydrogen (secondary N) is 1. The number of carbonyl (C=O) groups is 2. The summed E-state index contributed by atoms with van der Waals surface area (Å²) in [6.07, 6.45) is 4.18. The molecule has 1 saturated heterocycles. The van der Waals surface area contributed by atoms with Crippen LogP contribution in [-0.4, -0.2) is 58.0 Å². The third-order valence-electron chi connectivity index (χ3n) is 5.04. The highest BCUT2D eigenvalue weighted by Crippen LogP contribution is 2.34. The van der Waals surface area contributed by atoms with Crippen LogP contribution in [0.5, 0.6) is 0 Å². The molecule has 0 aliphatic carbocycles. The number of hydrogen-bond acceptors (Lipinski definition) is 8. The smallest absolute Gasteiger partial charge is 0.407 e. The van der Waals surface area contributed by atoms with Crippen LogP contribution in [0.25, 0.3) is 11.1 Å². The van der Waals surface area contributed by atoms with Crippen molar-refractivity contribution >= 4 is 34.7 Å². The molecule has 2 aromatic rings. The molecule has 3 N–H and O–H groups in total. The number of cyclic esters (lactones) is 1. The van der Waals surface area contributed by atoms with Crippen molar-refractivity contribution in [1.82, 2.24) is 19.9 Å². The van der Waals surface area contributed by atoms with Crippen molar-refractivity contribution in [3.63, 3.8) is 0 Å². The number of rotatable bonds is 3. The van der Waals surface area contributed by atoms with Gasteiger partial charge < -0.3 is 25.4 Å². The number of aromatic nitrogens is 3. The van der Waals surface area contributed by atoms with Gasteiger partial charge in [0.1, 0.15) is 24.1 Å². The Bertz CT molecular complexity index is 1020. The van der Waals surface area contributed by atoms with Crippen molar-refractivity contribution < 1.29 is 19.1 Å². The number of alkyl carbamates (subject to hydrolysis) is 1. The molecule has 0 aromatic carbocycles. The molecule has 0 radical (unpaired) electrons. The van der Waals surface area contributed by atoms with E-state index in [9.17, 15) is 9.59 Å². The molecule has 160 valence electrons. The molecule has 4 heterocycles. The molecule has 2 aromatic heterocycles. The van der Waals surface area contributed by atoms with E-state index < -0.39 is 11.7 Å². The number of amides is 1. The van der Waals surface area contributed by atoms with Crippen LogP contribution in [0.2, 0.25) is 0 Å². The van der Waals surface area contributed by atoms with Crippen LogP contribution in [0, 0.1) is 0 Å². The van der Waals surface area contributed by atoms with E-state index in [4.69, 9.17) is 15.2 Å². The summed E-state index contributed by atoms with van der Waals surface area (Å²) in [4.78, 5) is 30.0. The van der Waals surface area contributed by atoms with Crippen LogP contribution in [0.15, 0.2) is 18.5 Å². The number of fused-ring (bicyclic) bond motifs is 1. The van der Waals surface area contributed by atoms with E-state index >= 15 is 0 Å². The van der Waals surface area contributed by atoms with Gasteiger partial charge in [0, 0.05) is 30.8 Å². The van der Waals surface area contributed by atoms with Crippen molar-refractivity contribution in [3.05, 3.63) is 24.2 Å². The highest BCUT2D eigenvalue weighted by molar-refractivity contribution is 5.97. The zero-order chi connectivity index (χ0) is 21.5. The maximum absolute atomic E-state index is 12.2. The third kappa shape index (κ3) is 4.03. The largest absolute Gasteiger partial charge is 0.458 e. The van der Waals surface area contributed by atoms with Crippen LogP contribution >= 0.6 is 0 Å². The van der Waals surface area contributed by atoms with Crippen LogP contribution in [0.4, 0.5) is 16.3 Å². The van der Waals surface area contributed by atoms with Gasteiger partial charge in [0.05, 0.1) is 11.4 Å². The van der Waals surface area contributed by atoms with Crippen LogP contribution in [0.3, 0.4) is 0 Å². The van der Waals surface area contributed by atoms with Crippen molar-refractivity contribution in [2.75, 3.05) is 30.3 Å². The van der Waals surface area contributed by atoms with Crippen LogP contribution < -0.4 is 16.0 Å². The summed E-state index contributed by atoms with van der Waals surface area (Å²) < 4.78 is 12.1. The molecular formula is C20H26N6O4.